The predicted molar refractivity (Wildman–Crippen MR) is 84.3 cm³/mol. The Hall–Kier alpha value is -1.71. The molecule has 4 heteroatoms. The predicted octanol–water partition coefficient (Wildman–Crippen LogP) is 4.22. The molecule has 0 aromatic heterocycles. The summed E-state index contributed by atoms with van der Waals surface area (Å²) in [5.41, 5.74) is 1.30. The van der Waals surface area contributed by atoms with Gasteiger partial charge in [-0.2, -0.15) is 0 Å². The van der Waals surface area contributed by atoms with Crippen molar-refractivity contribution >= 4 is 11.6 Å². The third-order valence-corrected chi connectivity index (χ3v) is 3.30. The lowest BCUT2D eigenvalue weighted by Gasteiger charge is -2.20. The van der Waals surface area contributed by atoms with Crippen LogP contribution in [0.25, 0.3) is 0 Å². The van der Waals surface area contributed by atoms with Gasteiger partial charge in [0.15, 0.2) is 0 Å². The van der Waals surface area contributed by atoms with Crippen LogP contribution >= 0.6 is 11.6 Å². The van der Waals surface area contributed by atoms with E-state index in [1.807, 2.05) is 38.1 Å². The molecule has 2 aromatic carbocycles. The molecule has 0 radical (unpaired) electrons. The Morgan fingerprint density at radius 3 is 2.38 bits per heavy atom. The van der Waals surface area contributed by atoms with Crippen LogP contribution in [0.3, 0.4) is 0 Å². The standard InChI is InChI=1S/C17H19ClO3/c1-11(2)21-16-7-5-4-6-13(16)17(19)14-10-12(18)8-9-15(14)20-3/h4-11,17,19H,1-3H3. The first-order chi connectivity index (χ1) is 10.0. The smallest absolute Gasteiger partial charge is 0.125 e. The van der Waals surface area contributed by atoms with Crippen molar-refractivity contribution in [2.75, 3.05) is 7.11 Å². The summed E-state index contributed by atoms with van der Waals surface area (Å²) in [5.74, 6) is 1.24. The highest BCUT2D eigenvalue weighted by atomic mass is 35.5. The van der Waals surface area contributed by atoms with Gasteiger partial charge in [0.05, 0.1) is 13.2 Å². The fourth-order valence-corrected chi connectivity index (χ4v) is 2.33. The number of halogens is 1. The zero-order valence-electron chi connectivity index (χ0n) is 12.3. The molecule has 112 valence electrons. The van der Waals surface area contributed by atoms with Crippen LogP contribution in [-0.2, 0) is 0 Å². The molecule has 2 rings (SSSR count). The number of ether oxygens (including phenoxy) is 2. The number of aliphatic hydroxyl groups is 1. The highest BCUT2D eigenvalue weighted by Gasteiger charge is 2.20. The van der Waals surface area contributed by atoms with Gasteiger partial charge in [-0.25, -0.2) is 0 Å². The maximum absolute atomic E-state index is 10.7. The van der Waals surface area contributed by atoms with E-state index in [9.17, 15) is 5.11 Å². The van der Waals surface area contributed by atoms with Crippen LogP contribution in [0, 0.1) is 0 Å². The molecule has 0 saturated heterocycles. The normalized spacial score (nSPS) is 12.3. The Morgan fingerprint density at radius 2 is 1.71 bits per heavy atom. The number of methoxy groups -OCH3 is 1. The lowest BCUT2D eigenvalue weighted by Crippen LogP contribution is -2.10. The van der Waals surface area contributed by atoms with Gasteiger partial charge in [0.2, 0.25) is 0 Å². The molecule has 1 unspecified atom stereocenters. The molecular weight excluding hydrogens is 288 g/mol. The summed E-state index contributed by atoms with van der Waals surface area (Å²) in [6.07, 6.45) is -0.840. The number of para-hydroxylation sites is 1. The average Bonchev–Trinajstić information content (AvgIpc) is 2.46. The number of hydrogen-bond acceptors (Lipinski definition) is 3. The maximum atomic E-state index is 10.7. The van der Waals surface area contributed by atoms with Crippen molar-refractivity contribution in [2.45, 2.75) is 26.1 Å². The van der Waals surface area contributed by atoms with Gasteiger partial charge >= 0.3 is 0 Å². The summed E-state index contributed by atoms with van der Waals surface area (Å²) in [6.45, 7) is 3.90. The monoisotopic (exact) mass is 306 g/mol. The zero-order chi connectivity index (χ0) is 15.4. The van der Waals surface area contributed by atoms with Gasteiger partial charge in [-0.05, 0) is 38.1 Å². The Labute approximate surface area is 130 Å². The van der Waals surface area contributed by atoms with Gasteiger partial charge in [-0.1, -0.05) is 29.8 Å². The Morgan fingerprint density at radius 1 is 1.00 bits per heavy atom. The fraction of sp³-hybridized carbons (Fsp3) is 0.294. The molecule has 3 nitrogen and oxygen atoms in total. The van der Waals surface area contributed by atoms with Crippen LogP contribution in [0.15, 0.2) is 42.5 Å². The molecule has 1 N–H and O–H groups in total. The Bertz CT molecular complexity index is 611. The molecule has 0 bridgehead atoms. The number of benzene rings is 2. The van der Waals surface area contributed by atoms with E-state index < -0.39 is 6.10 Å². The summed E-state index contributed by atoms with van der Waals surface area (Å²) in [4.78, 5) is 0. The fourth-order valence-electron chi connectivity index (χ4n) is 2.15. The third-order valence-electron chi connectivity index (χ3n) is 3.06. The van der Waals surface area contributed by atoms with Gasteiger partial charge in [0.1, 0.15) is 17.6 Å². The molecule has 0 spiro atoms. The van der Waals surface area contributed by atoms with Crippen molar-refractivity contribution in [3.05, 3.63) is 58.6 Å². The van der Waals surface area contributed by atoms with Crippen molar-refractivity contribution < 1.29 is 14.6 Å². The second kappa shape index (κ2) is 6.83. The zero-order valence-corrected chi connectivity index (χ0v) is 13.1. The van der Waals surface area contributed by atoms with Crippen LogP contribution in [0.1, 0.15) is 31.1 Å². The first kappa shape index (κ1) is 15.7. The summed E-state index contributed by atoms with van der Waals surface area (Å²) in [7, 11) is 1.57. The maximum Gasteiger partial charge on any atom is 0.125 e. The molecule has 0 heterocycles. The molecule has 1 atom stereocenters. The van der Waals surface area contributed by atoms with Crippen molar-refractivity contribution in [3.63, 3.8) is 0 Å². The van der Waals surface area contributed by atoms with Gasteiger partial charge < -0.3 is 14.6 Å². The third kappa shape index (κ3) is 3.69. The minimum atomic E-state index is -0.867. The SMILES string of the molecule is COc1ccc(Cl)cc1C(O)c1ccccc1OC(C)C. The molecule has 2 aromatic rings. The summed E-state index contributed by atoms with van der Waals surface area (Å²) in [6, 6.07) is 12.6. The molecule has 0 amide bonds. The van der Waals surface area contributed by atoms with Crippen LogP contribution < -0.4 is 9.47 Å². The van der Waals surface area contributed by atoms with Gasteiger partial charge in [0, 0.05) is 16.1 Å². The van der Waals surface area contributed by atoms with E-state index in [-0.39, 0.29) is 6.10 Å². The van der Waals surface area contributed by atoms with E-state index in [2.05, 4.69) is 0 Å². The molecule has 0 fully saturated rings. The minimum Gasteiger partial charge on any atom is -0.496 e. The highest BCUT2D eigenvalue weighted by Crippen LogP contribution is 2.36. The largest absolute Gasteiger partial charge is 0.496 e. The van der Waals surface area contributed by atoms with Crippen LogP contribution in [0.2, 0.25) is 5.02 Å². The molecule has 21 heavy (non-hydrogen) atoms. The Balaban J connectivity index is 2.45. The Kier molecular flexibility index (Phi) is 5.10. The molecule has 0 aliphatic heterocycles. The van der Waals surface area contributed by atoms with E-state index in [0.717, 1.165) is 0 Å². The van der Waals surface area contributed by atoms with Crippen LogP contribution in [-0.4, -0.2) is 18.3 Å². The lowest BCUT2D eigenvalue weighted by atomic mass is 9.99. The topological polar surface area (TPSA) is 38.7 Å². The van der Waals surface area contributed by atoms with Crippen molar-refractivity contribution in [3.8, 4) is 11.5 Å². The minimum absolute atomic E-state index is 0.0274. The van der Waals surface area contributed by atoms with Gasteiger partial charge in [-0.3, -0.25) is 0 Å². The first-order valence-electron chi connectivity index (χ1n) is 6.80. The number of aliphatic hydroxyl groups excluding tert-OH is 1. The van der Waals surface area contributed by atoms with Crippen LogP contribution in [0.5, 0.6) is 11.5 Å². The highest BCUT2D eigenvalue weighted by molar-refractivity contribution is 6.30. The second-order valence-corrected chi connectivity index (χ2v) is 5.43. The van der Waals surface area contributed by atoms with E-state index in [1.165, 1.54) is 0 Å². The van der Waals surface area contributed by atoms with E-state index in [0.29, 0.717) is 27.6 Å². The average molecular weight is 307 g/mol. The van der Waals surface area contributed by atoms with E-state index in [1.54, 1.807) is 25.3 Å². The summed E-state index contributed by atoms with van der Waals surface area (Å²) >= 11 is 6.03. The number of rotatable bonds is 5. The van der Waals surface area contributed by atoms with Gasteiger partial charge in [0.25, 0.3) is 0 Å². The first-order valence-corrected chi connectivity index (χ1v) is 7.17. The van der Waals surface area contributed by atoms with Crippen molar-refractivity contribution in [1.82, 2.24) is 0 Å². The molecular formula is C17H19ClO3. The van der Waals surface area contributed by atoms with E-state index in [4.69, 9.17) is 21.1 Å². The summed E-state index contributed by atoms with van der Waals surface area (Å²) in [5, 5.41) is 11.3. The molecule has 0 saturated carbocycles. The van der Waals surface area contributed by atoms with Crippen molar-refractivity contribution in [2.24, 2.45) is 0 Å². The van der Waals surface area contributed by atoms with Crippen molar-refractivity contribution in [1.29, 1.82) is 0 Å². The van der Waals surface area contributed by atoms with Gasteiger partial charge in [-0.15, -0.1) is 0 Å². The molecule has 0 aliphatic carbocycles. The second-order valence-electron chi connectivity index (χ2n) is 4.99. The van der Waals surface area contributed by atoms with E-state index >= 15 is 0 Å². The lowest BCUT2D eigenvalue weighted by molar-refractivity contribution is 0.195. The summed E-state index contributed by atoms with van der Waals surface area (Å²) < 4.78 is 11.1. The number of hydrogen-bond donors (Lipinski definition) is 1. The van der Waals surface area contributed by atoms with Crippen LogP contribution in [0.4, 0.5) is 0 Å². The molecule has 0 aliphatic rings. The quantitative estimate of drug-likeness (QED) is 0.899.